The average Bonchev–Trinajstić information content (AvgIpc) is 2.59. The van der Waals surface area contributed by atoms with Crippen molar-refractivity contribution in [3.8, 4) is 0 Å². The predicted octanol–water partition coefficient (Wildman–Crippen LogP) is 4.93. The lowest BCUT2D eigenvalue weighted by Crippen LogP contribution is -2.12. The molecule has 0 aliphatic carbocycles. The van der Waals surface area contributed by atoms with Crippen molar-refractivity contribution in [3.63, 3.8) is 0 Å². The molecule has 0 saturated heterocycles. The summed E-state index contributed by atoms with van der Waals surface area (Å²) in [5.41, 5.74) is 0. The highest BCUT2D eigenvalue weighted by Gasteiger charge is 2.02. The molecule has 0 unspecified atom stereocenters. The Bertz CT molecular complexity index is 372. The van der Waals surface area contributed by atoms with Gasteiger partial charge in [0.15, 0.2) is 0 Å². The Morgan fingerprint density at radius 2 is 0.962 bits per heavy atom. The summed E-state index contributed by atoms with van der Waals surface area (Å²) in [6, 6.07) is 0. The van der Waals surface area contributed by atoms with E-state index in [-0.39, 0.29) is 13.2 Å². The van der Waals surface area contributed by atoms with E-state index in [2.05, 4.69) is 11.1 Å². The number of hydrogen-bond donors (Lipinski definition) is 1. The molecule has 0 aromatic carbocycles. The van der Waals surface area contributed by atoms with Crippen LogP contribution in [0.5, 0.6) is 0 Å². The van der Waals surface area contributed by atoms with Crippen LogP contribution in [-0.2, 0) is 24.1 Å². The van der Waals surface area contributed by atoms with Crippen LogP contribution < -0.4 is 0 Å². The Kier molecular flexibility index (Phi) is 19.4. The van der Waals surface area contributed by atoms with Crippen LogP contribution >= 0.6 is 0 Å². The molecule has 0 radical (unpaired) electrons. The fourth-order valence-corrected chi connectivity index (χ4v) is 3.02. The molecule has 0 spiro atoms. The minimum Gasteiger partial charge on any atom is -0.379 e. The molecule has 0 aromatic rings. The van der Waals surface area contributed by atoms with E-state index in [0.717, 1.165) is 13.0 Å². The smallest absolute Gasteiger partial charge is 0.379 e. The van der Waals surface area contributed by atoms with Crippen LogP contribution in [0.1, 0.15) is 90.4 Å². The van der Waals surface area contributed by atoms with E-state index >= 15 is 0 Å². The molecule has 6 nitrogen and oxygen atoms in total. The highest BCUT2D eigenvalue weighted by molar-refractivity contribution is 7.80. The second-order valence-electron chi connectivity index (χ2n) is 6.72. The van der Waals surface area contributed by atoms with Gasteiger partial charge in [-0.15, -0.1) is 0 Å². The predicted molar refractivity (Wildman–Crippen MR) is 105 cm³/mol. The highest BCUT2D eigenvalue weighted by atomic mass is 32.3. The zero-order valence-electron chi connectivity index (χ0n) is 16.6. The standard InChI is InChI=1S/C19H40O6S/c1-2-3-4-5-6-7-8-9-10-11-12-13-14-15-23-16-17-24-18-19-25-26(20,21)22/h2-19H2,1H3,(H,20,21,22). The molecule has 0 atom stereocenters. The van der Waals surface area contributed by atoms with Crippen LogP contribution in [0.3, 0.4) is 0 Å². The number of hydrogen-bond acceptors (Lipinski definition) is 5. The number of ether oxygens (including phenoxy) is 2. The number of unbranched alkanes of at least 4 members (excludes halogenated alkanes) is 12. The zero-order valence-corrected chi connectivity index (χ0v) is 17.4. The van der Waals surface area contributed by atoms with Gasteiger partial charge in [0.25, 0.3) is 0 Å². The van der Waals surface area contributed by atoms with Crippen LogP contribution in [0.4, 0.5) is 0 Å². The van der Waals surface area contributed by atoms with E-state index in [9.17, 15) is 8.42 Å². The Balaban J connectivity index is 3.03. The summed E-state index contributed by atoms with van der Waals surface area (Å²) in [4.78, 5) is 0. The molecule has 0 bridgehead atoms. The average molecular weight is 397 g/mol. The van der Waals surface area contributed by atoms with E-state index in [1.807, 2.05) is 0 Å². The molecule has 7 heteroatoms. The lowest BCUT2D eigenvalue weighted by atomic mass is 10.0. The first-order chi connectivity index (χ1) is 12.6. The molecule has 0 fully saturated rings. The fraction of sp³-hybridized carbons (Fsp3) is 1.00. The molecule has 0 heterocycles. The van der Waals surface area contributed by atoms with E-state index in [0.29, 0.717) is 13.2 Å². The summed E-state index contributed by atoms with van der Waals surface area (Å²) in [6.45, 7) is 3.82. The quantitative estimate of drug-likeness (QED) is 0.219. The van der Waals surface area contributed by atoms with E-state index in [1.54, 1.807) is 0 Å². The maximum atomic E-state index is 10.3. The zero-order chi connectivity index (χ0) is 19.3. The van der Waals surface area contributed by atoms with Crippen molar-refractivity contribution < 1.29 is 26.6 Å². The Morgan fingerprint density at radius 1 is 0.577 bits per heavy atom. The van der Waals surface area contributed by atoms with Gasteiger partial charge in [0, 0.05) is 6.61 Å². The van der Waals surface area contributed by atoms with E-state index in [4.69, 9.17) is 14.0 Å². The summed E-state index contributed by atoms with van der Waals surface area (Å²) in [5.74, 6) is 0. The van der Waals surface area contributed by atoms with Gasteiger partial charge < -0.3 is 9.47 Å². The monoisotopic (exact) mass is 396 g/mol. The van der Waals surface area contributed by atoms with Gasteiger partial charge in [-0.25, -0.2) is 4.18 Å². The molecule has 1 N–H and O–H groups in total. The lowest BCUT2D eigenvalue weighted by Gasteiger charge is -2.06. The van der Waals surface area contributed by atoms with Crippen LogP contribution in [0.15, 0.2) is 0 Å². The largest absolute Gasteiger partial charge is 0.397 e. The molecular formula is C19H40O6S. The van der Waals surface area contributed by atoms with Gasteiger partial charge in [0.2, 0.25) is 0 Å². The third-order valence-electron chi connectivity index (χ3n) is 4.22. The molecule has 26 heavy (non-hydrogen) atoms. The Morgan fingerprint density at radius 3 is 1.42 bits per heavy atom. The van der Waals surface area contributed by atoms with E-state index < -0.39 is 10.4 Å². The van der Waals surface area contributed by atoms with Crippen molar-refractivity contribution in [1.82, 2.24) is 0 Å². The van der Waals surface area contributed by atoms with Gasteiger partial charge >= 0.3 is 10.4 Å². The van der Waals surface area contributed by atoms with Crippen LogP contribution in [0.25, 0.3) is 0 Å². The molecule has 158 valence electrons. The van der Waals surface area contributed by atoms with Gasteiger partial charge in [-0.3, -0.25) is 4.55 Å². The summed E-state index contributed by atoms with van der Waals surface area (Å²) in [5, 5.41) is 0. The van der Waals surface area contributed by atoms with Crippen molar-refractivity contribution >= 4 is 10.4 Å². The minimum absolute atomic E-state index is 0.113. The van der Waals surface area contributed by atoms with Crippen molar-refractivity contribution in [3.05, 3.63) is 0 Å². The summed E-state index contributed by atoms with van der Waals surface area (Å²) in [6.07, 6.45) is 17.4. The second-order valence-corrected chi connectivity index (χ2v) is 7.81. The Labute approximate surface area is 160 Å². The fourth-order valence-electron chi connectivity index (χ4n) is 2.74. The maximum Gasteiger partial charge on any atom is 0.397 e. The summed E-state index contributed by atoms with van der Waals surface area (Å²) in [7, 11) is -4.36. The minimum atomic E-state index is -4.36. The third-order valence-corrected chi connectivity index (χ3v) is 4.69. The maximum absolute atomic E-state index is 10.3. The molecule has 0 aromatic heterocycles. The molecule has 0 aliphatic rings. The van der Waals surface area contributed by atoms with Gasteiger partial charge in [-0.05, 0) is 6.42 Å². The highest BCUT2D eigenvalue weighted by Crippen LogP contribution is 2.12. The van der Waals surface area contributed by atoms with Gasteiger partial charge in [-0.1, -0.05) is 84.0 Å². The SMILES string of the molecule is CCCCCCCCCCCCCCCOCCOCCOS(=O)(=O)O. The molecule has 0 aliphatic heterocycles. The van der Waals surface area contributed by atoms with Crippen LogP contribution in [0, 0.1) is 0 Å². The lowest BCUT2D eigenvalue weighted by molar-refractivity contribution is 0.0346. The third kappa shape index (κ3) is 23.8. The molecule has 0 rings (SSSR count). The van der Waals surface area contributed by atoms with Crippen LogP contribution in [-0.4, -0.2) is 46.0 Å². The first kappa shape index (κ1) is 25.8. The molecule has 0 amide bonds. The summed E-state index contributed by atoms with van der Waals surface area (Å²) < 4.78 is 43.6. The second kappa shape index (κ2) is 19.5. The molecular weight excluding hydrogens is 356 g/mol. The first-order valence-electron chi connectivity index (χ1n) is 10.3. The van der Waals surface area contributed by atoms with Gasteiger partial charge in [0.05, 0.1) is 26.4 Å². The Hall–Kier alpha value is -0.210. The summed E-state index contributed by atoms with van der Waals surface area (Å²) >= 11 is 0. The first-order valence-corrected chi connectivity index (χ1v) is 11.7. The van der Waals surface area contributed by atoms with Crippen LogP contribution in [0.2, 0.25) is 0 Å². The van der Waals surface area contributed by atoms with E-state index in [1.165, 1.54) is 77.0 Å². The van der Waals surface area contributed by atoms with Crippen molar-refractivity contribution in [2.45, 2.75) is 90.4 Å². The van der Waals surface area contributed by atoms with Crippen molar-refractivity contribution in [1.29, 1.82) is 0 Å². The van der Waals surface area contributed by atoms with Crippen molar-refractivity contribution in [2.24, 2.45) is 0 Å². The topological polar surface area (TPSA) is 82.1 Å². The molecule has 0 saturated carbocycles. The normalized spacial score (nSPS) is 11.9. The van der Waals surface area contributed by atoms with Crippen molar-refractivity contribution in [2.75, 3.05) is 33.0 Å². The number of rotatable bonds is 21. The van der Waals surface area contributed by atoms with Gasteiger partial charge in [0.1, 0.15) is 0 Å². The van der Waals surface area contributed by atoms with Gasteiger partial charge in [-0.2, -0.15) is 8.42 Å².